The highest BCUT2D eigenvalue weighted by Crippen LogP contribution is 2.15. The number of hydrogen-bond acceptors (Lipinski definition) is 5. The fourth-order valence-electron chi connectivity index (χ4n) is 1.54. The van der Waals surface area contributed by atoms with E-state index in [9.17, 15) is 8.42 Å². The molecule has 3 N–H and O–H groups in total. The second-order valence-electron chi connectivity index (χ2n) is 4.21. The van der Waals surface area contributed by atoms with E-state index < -0.39 is 10.0 Å². The predicted molar refractivity (Wildman–Crippen MR) is 83.0 cm³/mol. The topological polar surface area (TPSA) is 94.3 Å². The molecule has 0 bridgehead atoms. The summed E-state index contributed by atoms with van der Waals surface area (Å²) in [6.07, 6.45) is 1.35. The van der Waals surface area contributed by atoms with Crippen LogP contribution in [0.5, 0.6) is 5.75 Å². The largest absolute Gasteiger partial charge is 0.492 e. The van der Waals surface area contributed by atoms with Crippen molar-refractivity contribution in [3.05, 3.63) is 47.7 Å². The number of nitrogen functional groups attached to an aromatic ring is 1. The van der Waals surface area contributed by atoms with Gasteiger partial charge in [-0.05, 0) is 24.3 Å². The fraction of sp³-hybridized carbons (Fsp3) is 0.154. The van der Waals surface area contributed by atoms with Gasteiger partial charge in [-0.2, -0.15) is 0 Å². The van der Waals surface area contributed by atoms with Crippen LogP contribution in [0.4, 0.5) is 11.4 Å². The number of halogens is 1. The van der Waals surface area contributed by atoms with E-state index in [1.807, 2.05) is 0 Å². The summed E-state index contributed by atoms with van der Waals surface area (Å²) in [6, 6.07) is 9.83. The van der Waals surface area contributed by atoms with Gasteiger partial charge in [0.15, 0.2) is 0 Å². The minimum Gasteiger partial charge on any atom is -0.492 e. The predicted octanol–water partition coefficient (Wildman–Crippen LogP) is 2.14. The molecule has 0 radical (unpaired) electrons. The number of pyridine rings is 1. The molecule has 112 valence electrons. The Hall–Kier alpha value is -1.99. The molecule has 0 atom stereocenters. The van der Waals surface area contributed by atoms with Crippen LogP contribution >= 0.6 is 11.6 Å². The number of nitrogens with zero attached hydrogens (tertiary/aromatic N) is 1. The summed E-state index contributed by atoms with van der Waals surface area (Å²) < 4.78 is 31.5. The molecule has 0 spiro atoms. The Kier molecular flexibility index (Phi) is 4.87. The summed E-state index contributed by atoms with van der Waals surface area (Å²) in [5.41, 5.74) is 6.51. The van der Waals surface area contributed by atoms with Crippen molar-refractivity contribution in [3.63, 3.8) is 0 Å². The molecule has 0 fully saturated rings. The Morgan fingerprint density at radius 3 is 2.76 bits per heavy atom. The molecule has 0 unspecified atom stereocenters. The third-order valence-electron chi connectivity index (χ3n) is 2.48. The van der Waals surface area contributed by atoms with Crippen LogP contribution in [-0.2, 0) is 10.0 Å². The third kappa shape index (κ3) is 5.13. The van der Waals surface area contributed by atoms with Crippen molar-refractivity contribution in [2.24, 2.45) is 0 Å². The van der Waals surface area contributed by atoms with Crippen molar-refractivity contribution in [3.8, 4) is 5.75 Å². The maximum absolute atomic E-state index is 11.9. The van der Waals surface area contributed by atoms with Crippen molar-refractivity contribution in [1.29, 1.82) is 0 Å². The Balaban J connectivity index is 1.88. The van der Waals surface area contributed by atoms with Crippen molar-refractivity contribution in [2.45, 2.75) is 0 Å². The summed E-state index contributed by atoms with van der Waals surface area (Å²) >= 11 is 5.63. The molecule has 2 aromatic rings. The van der Waals surface area contributed by atoms with E-state index in [2.05, 4.69) is 9.71 Å². The number of sulfonamides is 1. The molecule has 0 saturated carbocycles. The van der Waals surface area contributed by atoms with Gasteiger partial charge in [-0.25, -0.2) is 13.4 Å². The van der Waals surface area contributed by atoms with Crippen LogP contribution < -0.4 is 15.2 Å². The average molecular weight is 328 g/mol. The summed E-state index contributed by atoms with van der Waals surface area (Å²) in [7, 11) is -3.52. The summed E-state index contributed by atoms with van der Waals surface area (Å²) in [4.78, 5) is 3.79. The van der Waals surface area contributed by atoms with Crippen molar-refractivity contribution < 1.29 is 13.2 Å². The van der Waals surface area contributed by atoms with Crippen molar-refractivity contribution in [2.75, 3.05) is 22.8 Å². The monoisotopic (exact) mass is 327 g/mol. The van der Waals surface area contributed by atoms with Gasteiger partial charge in [0.1, 0.15) is 23.3 Å². The normalized spacial score (nSPS) is 11.1. The number of benzene rings is 1. The summed E-state index contributed by atoms with van der Waals surface area (Å²) in [5, 5.41) is 0.294. The number of hydrogen-bond donors (Lipinski definition) is 2. The zero-order valence-electron chi connectivity index (χ0n) is 11.0. The van der Waals surface area contributed by atoms with E-state index in [0.717, 1.165) is 0 Å². The number of anilines is 2. The molecule has 0 aliphatic carbocycles. The first kappa shape index (κ1) is 15.4. The molecule has 21 heavy (non-hydrogen) atoms. The quantitative estimate of drug-likeness (QED) is 0.626. The van der Waals surface area contributed by atoms with Crippen molar-refractivity contribution in [1.82, 2.24) is 4.98 Å². The van der Waals surface area contributed by atoms with Gasteiger partial charge >= 0.3 is 0 Å². The standard InChI is InChI=1S/C13H14ClN3O3S/c14-13-5-4-11(9-16-13)17-21(18,19)7-6-20-12-3-1-2-10(15)8-12/h1-5,8-9,17H,6-7,15H2. The molecule has 0 amide bonds. The SMILES string of the molecule is Nc1cccc(OCCS(=O)(=O)Nc2ccc(Cl)nc2)c1. The highest BCUT2D eigenvalue weighted by atomic mass is 35.5. The van der Waals surface area contributed by atoms with Crippen LogP contribution in [0.1, 0.15) is 0 Å². The molecular formula is C13H14ClN3O3S. The van der Waals surface area contributed by atoms with E-state index in [1.165, 1.54) is 18.3 Å². The second-order valence-corrected chi connectivity index (χ2v) is 6.44. The lowest BCUT2D eigenvalue weighted by atomic mass is 10.3. The van der Waals surface area contributed by atoms with Crippen LogP contribution in [0.15, 0.2) is 42.6 Å². The number of ether oxygens (including phenoxy) is 1. The van der Waals surface area contributed by atoms with Gasteiger partial charge in [0, 0.05) is 11.8 Å². The van der Waals surface area contributed by atoms with Crippen LogP contribution in [0.2, 0.25) is 5.15 Å². The Bertz CT molecular complexity index is 705. The Morgan fingerprint density at radius 2 is 2.10 bits per heavy atom. The van der Waals surface area contributed by atoms with E-state index in [0.29, 0.717) is 22.3 Å². The second kappa shape index (κ2) is 6.64. The van der Waals surface area contributed by atoms with Gasteiger partial charge in [-0.3, -0.25) is 4.72 Å². The molecule has 0 aliphatic heterocycles. The van der Waals surface area contributed by atoms with Crippen LogP contribution in [0, 0.1) is 0 Å². The van der Waals surface area contributed by atoms with E-state index in [4.69, 9.17) is 22.1 Å². The highest BCUT2D eigenvalue weighted by molar-refractivity contribution is 7.92. The maximum Gasteiger partial charge on any atom is 0.236 e. The summed E-state index contributed by atoms with van der Waals surface area (Å²) in [6.45, 7) is 0.0137. The minimum atomic E-state index is -3.52. The molecule has 0 aliphatic rings. The number of aromatic nitrogens is 1. The minimum absolute atomic E-state index is 0.0137. The van der Waals surface area contributed by atoms with Gasteiger partial charge in [-0.1, -0.05) is 17.7 Å². The van der Waals surface area contributed by atoms with Crippen LogP contribution in [0.3, 0.4) is 0 Å². The van der Waals surface area contributed by atoms with Gasteiger partial charge < -0.3 is 10.5 Å². The molecular weight excluding hydrogens is 314 g/mol. The zero-order chi connectivity index (χ0) is 15.3. The summed E-state index contributed by atoms with van der Waals surface area (Å²) in [5.74, 6) is 0.336. The lowest BCUT2D eigenvalue weighted by molar-refractivity contribution is 0.341. The Labute approximate surface area is 128 Å². The third-order valence-corrected chi connectivity index (χ3v) is 3.95. The lowest BCUT2D eigenvalue weighted by Crippen LogP contribution is -2.21. The maximum atomic E-state index is 11.9. The van der Waals surface area contributed by atoms with Crippen LogP contribution in [-0.4, -0.2) is 25.8 Å². The Morgan fingerprint density at radius 1 is 1.29 bits per heavy atom. The highest BCUT2D eigenvalue weighted by Gasteiger charge is 2.11. The van der Waals surface area contributed by atoms with Crippen LogP contribution in [0.25, 0.3) is 0 Å². The number of nitrogens with one attached hydrogen (secondary N) is 1. The molecule has 6 nitrogen and oxygen atoms in total. The van der Waals surface area contributed by atoms with Crippen molar-refractivity contribution >= 4 is 33.0 Å². The first-order valence-corrected chi connectivity index (χ1v) is 8.08. The molecule has 1 aromatic carbocycles. The molecule has 1 heterocycles. The van der Waals surface area contributed by atoms with E-state index in [1.54, 1.807) is 24.3 Å². The van der Waals surface area contributed by atoms with E-state index >= 15 is 0 Å². The van der Waals surface area contributed by atoms with E-state index in [-0.39, 0.29) is 12.4 Å². The first-order chi connectivity index (χ1) is 9.94. The number of rotatable bonds is 6. The molecule has 8 heteroatoms. The first-order valence-electron chi connectivity index (χ1n) is 6.05. The van der Waals surface area contributed by atoms with Gasteiger partial charge in [0.25, 0.3) is 0 Å². The molecule has 0 saturated heterocycles. The lowest BCUT2D eigenvalue weighted by Gasteiger charge is -2.09. The van der Waals surface area contributed by atoms with Gasteiger partial charge in [0.2, 0.25) is 10.0 Å². The average Bonchev–Trinajstić information content (AvgIpc) is 2.41. The number of nitrogens with two attached hydrogens (primary N) is 1. The smallest absolute Gasteiger partial charge is 0.236 e. The molecule has 1 aromatic heterocycles. The van der Waals surface area contributed by atoms with Gasteiger partial charge in [0.05, 0.1) is 11.9 Å². The zero-order valence-corrected chi connectivity index (χ0v) is 12.6. The molecule has 2 rings (SSSR count). The van der Waals surface area contributed by atoms with Gasteiger partial charge in [-0.15, -0.1) is 0 Å². The fourth-order valence-corrected chi connectivity index (χ4v) is 2.54.